The van der Waals surface area contributed by atoms with E-state index in [4.69, 9.17) is 18.6 Å². The second-order valence-corrected chi connectivity index (χ2v) is 6.85. The number of fused-ring (bicyclic) bond motifs is 1. The summed E-state index contributed by atoms with van der Waals surface area (Å²) in [6, 6.07) is 18.7. The molecule has 0 aliphatic heterocycles. The lowest BCUT2D eigenvalue weighted by atomic mass is 10.0. The van der Waals surface area contributed by atoms with E-state index in [1.807, 2.05) is 6.07 Å². The van der Waals surface area contributed by atoms with Gasteiger partial charge < -0.3 is 18.6 Å². The van der Waals surface area contributed by atoms with Crippen molar-refractivity contribution in [2.75, 3.05) is 14.2 Å². The highest BCUT2D eigenvalue weighted by Gasteiger charge is 2.17. The third-order valence-electron chi connectivity index (χ3n) is 4.93. The number of rotatable bonds is 5. The van der Waals surface area contributed by atoms with Crippen LogP contribution in [-0.2, 0) is 0 Å². The van der Waals surface area contributed by atoms with Gasteiger partial charge in [-0.2, -0.15) is 0 Å². The molecule has 0 bridgehead atoms. The maximum atomic E-state index is 13.2. The van der Waals surface area contributed by atoms with Crippen molar-refractivity contribution in [3.8, 4) is 28.4 Å². The predicted molar refractivity (Wildman–Crippen MR) is 117 cm³/mol. The quantitative estimate of drug-likeness (QED) is 0.336. The molecule has 0 atom stereocenters. The number of benzene rings is 3. The number of aryl methyl sites for hydroxylation is 1. The molecule has 0 unspecified atom stereocenters. The van der Waals surface area contributed by atoms with Crippen LogP contribution in [0.25, 0.3) is 22.1 Å². The van der Waals surface area contributed by atoms with E-state index in [9.17, 15) is 9.59 Å². The summed E-state index contributed by atoms with van der Waals surface area (Å²) in [6.07, 6.45) is 0. The van der Waals surface area contributed by atoms with Crippen molar-refractivity contribution < 1.29 is 23.4 Å². The van der Waals surface area contributed by atoms with Crippen molar-refractivity contribution >= 4 is 16.9 Å². The van der Waals surface area contributed by atoms with Crippen molar-refractivity contribution in [3.63, 3.8) is 0 Å². The van der Waals surface area contributed by atoms with E-state index in [1.54, 1.807) is 74.7 Å². The number of esters is 1. The fourth-order valence-corrected chi connectivity index (χ4v) is 3.41. The Hall–Kier alpha value is -4.06. The molecule has 0 N–H and O–H groups in total. The van der Waals surface area contributed by atoms with Crippen LogP contribution in [0.5, 0.6) is 17.2 Å². The molecule has 3 aromatic carbocycles. The van der Waals surface area contributed by atoms with Crippen molar-refractivity contribution in [2.24, 2.45) is 0 Å². The van der Waals surface area contributed by atoms with Crippen LogP contribution in [0, 0.1) is 6.92 Å². The van der Waals surface area contributed by atoms with Gasteiger partial charge in [0.15, 0.2) is 11.5 Å². The minimum absolute atomic E-state index is 0.188. The Balaban J connectivity index is 1.74. The second kappa shape index (κ2) is 8.36. The van der Waals surface area contributed by atoms with Gasteiger partial charge in [0.05, 0.1) is 30.7 Å². The largest absolute Gasteiger partial charge is 0.493 e. The van der Waals surface area contributed by atoms with Crippen LogP contribution in [0.2, 0.25) is 0 Å². The Bertz CT molecular complexity index is 1320. The minimum atomic E-state index is -0.485. The summed E-state index contributed by atoms with van der Waals surface area (Å²) in [5, 5.41) is 0.384. The van der Waals surface area contributed by atoms with E-state index in [-0.39, 0.29) is 5.43 Å². The fourth-order valence-electron chi connectivity index (χ4n) is 3.41. The number of methoxy groups -OCH3 is 2. The van der Waals surface area contributed by atoms with Gasteiger partial charge >= 0.3 is 5.97 Å². The molecule has 0 fully saturated rings. The van der Waals surface area contributed by atoms with Gasteiger partial charge in [-0.05, 0) is 48.9 Å². The summed E-state index contributed by atoms with van der Waals surface area (Å²) in [6.45, 7) is 1.72. The van der Waals surface area contributed by atoms with Gasteiger partial charge in [-0.3, -0.25) is 4.79 Å². The van der Waals surface area contributed by atoms with Crippen LogP contribution in [-0.4, -0.2) is 20.2 Å². The Morgan fingerprint density at radius 3 is 2.32 bits per heavy atom. The maximum Gasteiger partial charge on any atom is 0.343 e. The number of hydrogen-bond donors (Lipinski definition) is 0. The van der Waals surface area contributed by atoms with E-state index >= 15 is 0 Å². The Morgan fingerprint density at radius 2 is 1.61 bits per heavy atom. The summed E-state index contributed by atoms with van der Waals surface area (Å²) < 4.78 is 22.0. The highest BCUT2D eigenvalue weighted by molar-refractivity contribution is 5.92. The van der Waals surface area contributed by atoms with Crippen molar-refractivity contribution in [1.29, 1.82) is 0 Å². The van der Waals surface area contributed by atoms with Gasteiger partial charge in [0, 0.05) is 6.07 Å². The van der Waals surface area contributed by atoms with Crippen molar-refractivity contribution in [1.82, 2.24) is 0 Å². The predicted octanol–water partition coefficient (Wildman–Crippen LogP) is 5.00. The first-order valence-electron chi connectivity index (χ1n) is 9.59. The lowest BCUT2D eigenvalue weighted by molar-refractivity contribution is 0.0735. The smallest absolute Gasteiger partial charge is 0.343 e. The van der Waals surface area contributed by atoms with Gasteiger partial charge in [0.2, 0.25) is 5.43 Å². The minimum Gasteiger partial charge on any atom is -0.493 e. The summed E-state index contributed by atoms with van der Waals surface area (Å²) in [5.41, 5.74) is 1.67. The second-order valence-electron chi connectivity index (χ2n) is 6.85. The third-order valence-corrected chi connectivity index (χ3v) is 4.93. The normalized spacial score (nSPS) is 10.7. The molecule has 0 saturated carbocycles. The van der Waals surface area contributed by atoms with E-state index in [0.29, 0.717) is 50.7 Å². The standard InChI is InChI=1S/C25H20O6/c1-15-23(17-9-12-20(28-2)22(13-17)29-3)24(26)19-11-10-18(14-21(19)30-15)31-25(27)16-7-5-4-6-8-16/h4-14H,1-3H3. The van der Waals surface area contributed by atoms with Crippen molar-refractivity contribution in [3.05, 3.63) is 88.3 Å². The fraction of sp³-hybridized carbons (Fsp3) is 0.120. The molecule has 31 heavy (non-hydrogen) atoms. The summed E-state index contributed by atoms with van der Waals surface area (Å²) >= 11 is 0. The zero-order valence-electron chi connectivity index (χ0n) is 17.3. The van der Waals surface area contributed by atoms with Crippen LogP contribution < -0.4 is 19.6 Å². The van der Waals surface area contributed by atoms with E-state index < -0.39 is 5.97 Å². The molecule has 0 spiro atoms. The Kier molecular flexibility index (Phi) is 5.45. The number of carbonyl (C=O) groups excluding carboxylic acids is 1. The molecule has 0 amide bonds. The lowest BCUT2D eigenvalue weighted by Crippen LogP contribution is -2.10. The molecule has 6 nitrogen and oxygen atoms in total. The molecule has 1 heterocycles. The van der Waals surface area contributed by atoms with Crippen LogP contribution in [0.4, 0.5) is 0 Å². The third kappa shape index (κ3) is 3.88. The Labute approximate surface area is 178 Å². The molecule has 0 aliphatic carbocycles. The molecule has 0 radical (unpaired) electrons. The molecule has 1 aromatic heterocycles. The van der Waals surface area contributed by atoms with Gasteiger partial charge in [0.25, 0.3) is 0 Å². The summed E-state index contributed by atoms with van der Waals surface area (Å²) in [5.74, 6) is 1.33. The zero-order valence-corrected chi connectivity index (χ0v) is 17.3. The summed E-state index contributed by atoms with van der Waals surface area (Å²) in [7, 11) is 3.09. The molecule has 6 heteroatoms. The van der Waals surface area contributed by atoms with Gasteiger partial charge in [-0.15, -0.1) is 0 Å². The molecule has 0 saturated heterocycles. The Morgan fingerprint density at radius 1 is 0.871 bits per heavy atom. The van der Waals surface area contributed by atoms with Gasteiger partial charge in [-0.1, -0.05) is 24.3 Å². The van der Waals surface area contributed by atoms with Crippen LogP contribution in [0.15, 0.2) is 75.9 Å². The molecule has 156 valence electrons. The monoisotopic (exact) mass is 416 g/mol. The molecule has 4 rings (SSSR count). The van der Waals surface area contributed by atoms with E-state index in [2.05, 4.69) is 0 Å². The van der Waals surface area contributed by atoms with E-state index in [0.717, 1.165) is 0 Å². The topological polar surface area (TPSA) is 75.0 Å². The van der Waals surface area contributed by atoms with Crippen LogP contribution >= 0.6 is 0 Å². The van der Waals surface area contributed by atoms with Crippen molar-refractivity contribution in [2.45, 2.75) is 6.92 Å². The van der Waals surface area contributed by atoms with Crippen LogP contribution in [0.3, 0.4) is 0 Å². The summed E-state index contributed by atoms with van der Waals surface area (Å²) in [4.78, 5) is 25.5. The highest BCUT2D eigenvalue weighted by Crippen LogP contribution is 2.33. The zero-order chi connectivity index (χ0) is 22.0. The van der Waals surface area contributed by atoms with Gasteiger partial charge in [0.1, 0.15) is 17.1 Å². The average molecular weight is 416 g/mol. The van der Waals surface area contributed by atoms with E-state index in [1.165, 1.54) is 7.11 Å². The maximum absolute atomic E-state index is 13.2. The first-order valence-corrected chi connectivity index (χ1v) is 9.59. The first-order chi connectivity index (χ1) is 15.0. The highest BCUT2D eigenvalue weighted by atomic mass is 16.5. The average Bonchev–Trinajstić information content (AvgIpc) is 2.79. The lowest BCUT2D eigenvalue weighted by Gasteiger charge is -2.12. The molecule has 4 aromatic rings. The first kappa shape index (κ1) is 20.2. The number of hydrogen-bond acceptors (Lipinski definition) is 6. The molecule has 0 aliphatic rings. The number of carbonyl (C=O) groups is 1. The van der Waals surface area contributed by atoms with Gasteiger partial charge in [-0.25, -0.2) is 4.79 Å². The number of ether oxygens (including phenoxy) is 3. The molecular weight excluding hydrogens is 396 g/mol. The SMILES string of the molecule is COc1ccc(-c2c(C)oc3cc(OC(=O)c4ccccc4)ccc3c2=O)cc1OC. The molecular formula is C25H20O6. The van der Waals surface area contributed by atoms with Crippen LogP contribution in [0.1, 0.15) is 16.1 Å².